The van der Waals surface area contributed by atoms with Crippen molar-refractivity contribution in [1.82, 2.24) is 4.98 Å². The van der Waals surface area contributed by atoms with Crippen molar-refractivity contribution >= 4 is 22.4 Å². The van der Waals surface area contributed by atoms with E-state index in [9.17, 15) is 18.0 Å². The summed E-state index contributed by atoms with van der Waals surface area (Å²) < 4.78 is 35.4. The average Bonchev–Trinajstić information content (AvgIpc) is 2.42. The van der Waals surface area contributed by atoms with Crippen LogP contribution in [-0.4, -0.2) is 28.8 Å². The smallest absolute Gasteiger partial charge is 0.405 e. The highest BCUT2D eigenvalue weighted by Crippen LogP contribution is 2.24. The van der Waals surface area contributed by atoms with E-state index in [-0.39, 0.29) is 15.7 Å². The van der Waals surface area contributed by atoms with Gasteiger partial charge in [0.2, 0.25) is 0 Å². The molecule has 0 atom stereocenters. The first-order valence-electron chi connectivity index (χ1n) is 3.81. The second kappa shape index (κ2) is 4.05. The third kappa shape index (κ3) is 3.39. The Balaban J connectivity index is 2.72. The molecule has 15 heavy (non-hydrogen) atoms. The number of carboxylic acids is 1. The number of aromatic carboxylic acids is 1. The fourth-order valence-corrected chi connectivity index (χ4v) is 1.65. The Morgan fingerprint density at radius 1 is 1.60 bits per heavy atom. The van der Waals surface area contributed by atoms with Gasteiger partial charge in [-0.15, -0.1) is 0 Å². The number of aromatic nitrogens is 1. The zero-order chi connectivity index (χ0) is 11.6. The largest absolute Gasteiger partial charge is 0.477 e. The predicted molar refractivity (Wildman–Crippen MR) is 48.4 cm³/mol. The molecule has 84 valence electrons. The van der Waals surface area contributed by atoms with Gasteiger partial charge in [-0.3, -0.25) is 0 Å². The minimum atomic E-state index is -4.34. The Morgan fingerprint density at radius 3 is 2.60 bits per heavy atom. The first-order chi connectivity index (χ1) is 6.79. The Morgan fingerprint density at radius 2 is 2.20 bits per heavy atom. The maximum atomic E-state index is 11.8. The van der Waals surface area contributed by atoms with Crippen LogP contribution in [0.4, 0.5) is 18.3 Å². The molecule has 0 bridgehead atoms. The molecule has 8 heteroatoms. The van der Waals surface area contributed by atoms with Crippen molar-refractivity contribution in [3.8, 4) is 0 Å². The van der Waals surface area contributed by atoms with Crippen LogP contribution >= 0.6 is 11.3 Å². The lowest BCUT2D eigenvalue weighted by atomic mass is 10.4. The van der Waals surface area contributed by atoms with Gasteiger partial charge in [-0.05, 0) is 6.92 Å². The predicted octanol–water partition coefficient (Wildman–Crippen LogP) is 2.12. The topological polar surface area (TPSA) is 62.2 Å². The molecule has 0 unspecified atom stereocenters. The number of halogens is 3. The van der Waals surface area contributed by atoms with E-state index in [0.717, 1.165) is 0 Å². The molecule has 0 radical (unpaired) electrons. The van der Waals surface area contributed by atoms with Crippen molar-refractivity contribution in [2.24, 2.45) is 0 Å². The van der Waals surface area contributed by atoms with Gasteiger partial charge >= 0.3 is 12.1 Å². The first kappa shape index (κ1) is 11.8. The maximum Gasteiger partial charge on any atom is 0.405 e. The van der Waals surface area contributed by atoms with Gasteiger partial charge in [0.15, 0.2) is 5.13 Å². The van der Waals surface area contributed by atoms with Gasteiger partial charge in [0.05, 0.1) is 5.69 Å². The van der Waals surface area contributed by atoms with Gasteiger partial charge in [0, 0.05) is 0 Å². The number of hydrogen-bond acceptors (Lipinski definition) is 4. The first-order valence-corrected chi connectivity index (χ1v) is 4.62. The average molecular weight is 240 g/mol. The number of carboxylic acid groups (broad SMARTS) is 1. The summed E-state index contributed by atoms with van der Waals surface area (Å²) in [5.41, 5.74) is 0.206. The number of anilines is 1. The van der Waals surface area contributed by atoms with Crippen LogP contribution in [0.2, 0.25) is 0 Å². The molecule has 0 spiro atoms. The molecule has 1 rings (SSSR count). The molecule has 4 nitrogen and oxygen atoms in total. The van der Waals surface area contributed by atoms with Crippen molar-refractivity contribution in [3.05, 3.63) is 10.6 Å². The molecular formula is C7H7F3N2O2S. The normalized spacial score (nSPS) is 11.5. The Labute approximate surface area is 86.8 Å². The molecule has 0 aliphatic carbocycles. The van der Waals surface area contributed by atoms with Crippen molar-refractivity contribution in [1.29, 1.82) is 0 Å². The number of hydrogen-bond donors (Lipinski definition) is 2. The molecule has 1 aromatic rings. The van der Waals surface area contributed by atoms with Gasteiger partial charge in [-0.2, -0.15) is 13.2 Å². The van der Waals surface area contributed by atoms with Crippen LogP contribution in [0.5, 0.6) is 0 Å². The van der Waals surface area contributed by atoms with Gasteiger partial charge in [-0.1, -0.05) is 11.3 Å². The van der Waals surface area contributed by atoms with E-state index in [1.54, 1.807) is 0 Å². The van der Waals surface area contributed by atoms with Crippen molar-refractivity contribution in [3.63, 3.8) is 0 Å². The lowest BCUT2D eigenvalue weighted by Crippen LogP contribution is -2.21. The Bertz CT molecular complexity index is 375. The van der Waals surface area contributed by atoms with Crippen LogP contribution in [0.3, 0.4) is 0 Å². The van der Waals surface area contributed by atoms with Crippen LogP contribution in [0.1, 0.15) is 15.4 Å². The van der Waals surface area contributed by atoms with Gasteiger partial charge in [0.1, 0.15) is 11.4 Å². The highest BCUT2D eigenvalue weighted by Gasteiger charge is 2.27. The zero-order valence-electron chi connectivity index (χ0n) is 7.55. The van der Waals surface area contributed by atoms with E-state index >= 15 is 0 Å². The highest BCUT2D eigenvalue weighted by atomic mass is 32.1. The second-order valence-electron chi connectivity index (χ2n) is 2.71. The molecule has 0 aliphatic heterocycles. The lowest BCUT2D eigenvalue weighted by molar-refractivity contribution is -0.115. The summed E-state index contributed by atoms with van der Waals surface area (Å²) >= 11 is 0.687. The van der Waals surface area contributed by atoms with Crippen LogP contribution in [-0.2, 0) is 0 Å². The van der Waals surface area contributed by atoms with Crippen LogP contribution in [0.15, 0.2) is 0 Å². The molecule has 0 amide bonds. The summed E-state index contributed by atoms with van der Waals surface area (Å²) in [7, 11) is 0. The Kier molecular flexibility index (Phi) is 3.18. The lowest BCUT2D eigenvalue weighted by Gasteiger charge is -2.05. The third-order valence-electron chi connectivity index (χ3n) is 1.43. The minimum absolute atomic E-state index is 0.0396. The molecule has 1 aromatic heterocycles. The molecular weight excluding hydrogens is 233 g/mol. The summed E-state index contributed by atoms with van der Waals surface area (Å²) in [6.45, 7) is 0.206. The van der Waals surface area contributed by atoms with Crippen LogP contribution in [0, 0.1) is 6.92 Å². The molecule has 0 saturated carbocycles. The summed E-state index contributed by atoms with van der Waals surface area (Å²) in [6.07, 6.45) is -4.34. The van der Waals surface area contributed by atoms with E-state index in [1.165, 1.54) is 6.92 Å². The number of carbonyl (C=O) groups is 1. The number of rotatable bonds is 3. The number of nitrogens with zero attached hydrogens (tertiary/aromatic N) is 1. The fourth-order valence-electron chi connectivity index (χ4n) is 0.846. The molecule has 0 aliphatic rings. The highest BCUT2D eigenvalue weighted by molar-refractivity contribution is 7.17. The quantitative estimate of drug-likeness (QED) is 0.849. The van der Waals surface area contributed by atoms with E-state index in [4.69, 9.17) is 5.11 Å². The van der Waals surface area contributed by atoms with E-state index in [2.05, 4.69) is 4.98 Å². The summed E-state index contributed by atoms with van der Waals surface area (Å²) in [6, 6.07) is 0. The number of thiazole rings is 1. The summed E-state index contributed by atoms with van der Waals surface area (Å²) in [4.78, 5) is 14.2. The zero-order valence-corrected chi connectivity index (χ0v) is 8.37. The standard InChI is InChI=1S/C7H7F3N2O2S/c1-3-4(5(13)14)15-6(12-3)11-2-7(8,9)10/h2H2,1H3,(H,11,12)(H,13,14). The van der Waals surface area contributed by atoms with E-state index < -0.39 is 18.7 Å². The number of nitrogens with one attached hydrogen (secondary N) is 1. The molecule has 0 aromatic carbocycles. The minimum Gasteiger partial charge on any atom is -0.477 e. The van der Waals surface area contributed by atoms with Crippen LogP contribution in [0.25, 0.3) is 0 Å². The van der Waals surface area contributed by atoms with E-state index in [0.29, 0.717) is 11.3 Å². The van der Waals surface area contributed by atoms with Crippen molar-refractivity contribution in [2.45, 2.75) is 13.1 Å². The van der Waals surface area contributed by atoms with E-state index in [1.807, 2.05) is 5.32 Å². The molecule has 0 fully saturated rings. The van der Waals surface area contributed by atoms with Gasteiger partial charge < -0.3 is 10.4 Å². The summed E-state index contributed by atoms with van der Waals surface area (Å²) in [5.74, 6) is -1.19. The summed E-state index contributed by atoms with van der Waals surface area (Å²) in [5, 5.41) is 10.6. The molecule has 2 N–H and O–H groups in total. The number of alkyl halides is 3. The maximum absolute atomic E-state index is 11.8. The van der Waals surface area contributed by atoms with Crippen LogP contribution < -0.4 is 5.32 Å². The molecule has 1 heterocycles. The monoisotopic (exact) mass is 240 g/mol. The van der Waals surface area contributed by atoms with Crippen molar-refractivity contribution < 1.29 is 23.1 Å². The molecule has 0 saturated heterocycles. The Hall–Kier alpha value is -1.31. The van der Waals surface area contributed by atoms with Gasteiger partial charge in [0.25, 0.3) is 0 Å². The van der Waals surface area contributed by atoms with Gasteiger partial charge in [-0.25, -0.2) is 9.78 Å². The number of aryl methyl sites for hydroxylation is 1. The second-order valence-corrected chi connectivity index (χ2v) is 3.71. The third-order valence-corrected chi connectivity index (χ3v) is 2.53. The fraction of sp³-hybridized carbons (Fsp3) is 0.429. The SMILES string of the molecule is Cc1nc(NCC(F)(F)F)sc1C(=O)O. The van der Waals surface area contributed by atoms with Crippen molar-refractivity contribution in [2.75, 3.05) is 11.9 Å².